The lowest BCUT2D eigenvalue weighted by atomic mass is 10.0. The molecule has 0 fully saturated rings. The van der Waals surface area contributed by atoms with Crippen LogP contribution < -0.4 is 21.7 Å². The van der Waals surface area contributed by atoms with Gasteiger partial charge in [-0.25, -0.2) is 0 Å². The molecule has 0 aliphatic carbocycles. The summed E-state index contributed by atoms with van der Waals surface area (Å²) in [5, 5.41) is 3.06. The van der Waals surface area contributed by atoms with Crippen LogP contribution in [0.3, 0.4) is 0 Å². The van der Waals surface area contributed by atoms with E-state index >= 15 is 0 Å². The van der Waals surface area contributed by atoms with E-state index in [9.17, 15) is 4.79 Å². The molecule has 1 aromatic heterocycles. The van der Waals surface area contributed by atoms with E-state index in [2.05, 4.69) is 20.3 Å². The van der Waals surface area contributed by atoms with Crippen molar-refractivity contribution >= 4 is 23.8 Å². The fourth-order valence-corrected chi connectivity index (χ4v) is 1.87. The number of nitrogen functional groups attached to an aromatic ring is 1. The number of hydrogen-bond donors (Lipinski definition) is 3. The molecule has 112 valence electrons. The second-order valence-electron chi connectivity index (χ2n) is 5.14. The molecule has 0 saturated heterocycles. The van der Waals surface area contributed by atoms with Crippen LogP contribution in [0.4, 0.5) is 17.8 Å². The van der Waals surface area contributed by atoms with E-state index in [4.69, 9.17) is 11.5 Å². The molecule has 0 spiro atoms. The summed E-state index contributed by atoms with van der Waals surface area (Å²) in [6.07, 6.45) is 0.166. The van der Waals surface area contributed by atoms with E-state index in [1.165, 1.54) is 0 Å². The standard InChI is InChI=1S/C12H23N7O/c1-5-19(6-2)11-16-9(14)15-10(17-11)18-12(3,4)7-8(13)20/h5-7H2,1-4H3,(H2,13,20)(H3,14,15,16,17,18). The van der Waals surface area contributed by atoms with Gasteiger partial charge in [0.2, 0.25) is 23.8 Å². The fourth-order valence-electron chi connectivity index (χ4n) is 1.87. The van der Waals surface area contributed by atoms with Gasteiger partial charge in [0, 0.05) is 25.0 Å². The van der Waals surface area contributed by atoms with Crippen LogP contribution in [0.2, 0.25) is 0 Å². The summed E-state index contributed by atoms with van der Waals surface area (Å²) in [6, 6.07) is 0. The van der Waals surface area contributed by atoms with Gasteiger partial charge in [0.1, 0.15) is 0 Å². The van der Waals surface area contributed by atoms with Gasteiger partial charge in [-0.15, -0.1) is 0 Å². The van der Waals surface area contributed by atoms with Crippen molar-refractivity contribution < 1.29 is 4.79 Å². The lowest BCUT2D eigenvalue weighted by molar-refractivity contribution is -0.118. The van der Waals surface area contributed by atoms with Gasteiger partial charge in [-0.1, -0.05) is 0 Å². The number of carbonyl (C=O) groups excluding carboxylic acids is 1. The minimum atomic E-state index is -0.555. The highest BCUT2D eigenvalue weighted by molar-refractivity contribution is 5.75. The van der Waals surface area contributed by atoms with Crippen molar-refractivity contribution in [3.8, 4) is 0 Å². The molecule has 0 atom stereocenters. The van der Waals surface area contributed by atoms with Crippen molar-refractivity contribution in [1.82, 2.24) is 15.0 Å². The highest BCUT2D eigenvalue weighted by Crippen LogP contribution is 2.17. The van der Waals surface area contributed by atoms with Gasteiger partial charge in [-0.3, -0.25) is 4.79 Å². The van der Waals surface area contributed by atoms with Gasteiger partial charge >= 0.3 is 0 Å². The molecule has 0 unspecified atom stereocenters. The number of amides is 1. The highest BCUT2D eigenvalue weighted by Gasteiger charge is 2.22. The summed E-state index contributed by atoms with van der Waals surface area (Å²) in [6.45, 7) is 9.24. The number of primary amides is 1. The second kappa shape index (κ2) is 6.36. The smallest absolute Gasteiger partial charge is 0.231 e. The Kier molecular flexibility index (Phi) is 5.06. The predicted molar refractivity (Wildman–Crippen MR) is 79.3 cm³/mol. The molecule has 0 saturated carbocycles. The summed E-state index contributed by atoms with van der Waals surface area (Å²) in [5.41, 5.74) is 10.4. The maximum absolute atomic E-state index is 11.0. The largest absolute Gasteiger partial charge is 0.370 e. The van der Waals surface area contributed by atoms with Crippen molar-refractivity contribution in [2.24, 2.45) is 5.73 Å². The molecular weight excluding hydrogens is 258 g/mol. The number of anilines is 3. The van der Waals surface area contributed by atoms with Gasteiger partial charge in [0.05, 0.1) is 0 Å². The number of hydrogen-bond acceptors (Lipinski definition) is 7. The SMILES string of the molecule is CCN(CC)c1nc(N)nc(NC(C)(C)CC(N)=O)n1. The van der Waals surface area contributed by atoms with Gasteiger partial charge in [0.25, 0.3) is 0 Å². The molecule has 20 heavy (non-hydrogen) atoms. The van der Waals surface area contributed by atoms with Crippen LogP contribution in [0.5, 0.6) is 0 Å². The van der Waals surface area contributed by atoms with E-state index in [0.717, 1.165) is 13.1 Å². The molecule has 8 nitrogen and oxygen atoms in total. The first-order valence-electron chi connectivity index (χ1n) is 6.60. The van der Waals surface area contributed by atoms with Crippen LogP contribution in [0.15, 0.2) is 0 Å². The molecule has 0 aliphatic rings. The Balaban J connectivity index is 2.98. The zero-order valence-corrected chi connectivity index (χ0v) is 12.5. The molecular formula is C12H23N7O. The Morgan fingerprint density at radius 1 is 1.25 bits per heavy atom. The number of rotatable bonds is 7. The average Bonchev–Trinajstić information content (AvgIpc) is 2.26. The van der Waals surface area contributed by atoms with Crippen LogP contribution >= 0.6 is 0 Å². The predicted octanol–water partition coefficient (Wildman–Crippen LogP) is 0.366. The van der Waals surface area contributed by atoms with Crippen LogP contribution in [0, 0.1) is 0 Å². The van der Waals surface area contributed by atoms with Crippen molar-refractivity contribution in [2.45, 2.75) is 39.7 Å². The van der Waals surface area contributed by atoms with Crippen molar-refractivity contribution in [3.63, 3.8) is 0 Å². The van der Waals surface area contributed by atoms with Crippen LogP contribution in [0.1, 0.15) is 34.1 Å². The summed E-state index contributed by atoms with van der Waals surface area (Å²) in [7, 11) is 0. The van der Waals surface area contributed by atoms with Crippen molar-refractivity contribution in [1.29, 1.82) is 0 Å². The van der Waals surface area contributed by atoms with Gasteiger partial charge in [-0.2, -0.15) is 15.0 Å². The summed E-state index contributed by atoms with van der Waals surface area (Å²) in [4.78, 5) is 25.5. The van der Waals surface area contributed by atoms with E-state index in [-0.39, 0.29) is 12.4 Å². The normalized spacial score (nSPS) is 11.2. The molecule has 0 aromatic carbocycles. The number of nitrogens with one attached hydrogen (secondary N) is 1. The zero-order chi connectivity index (χ0) is 15.3. The monoisotopic (exact) mass is 281 g/mol. The third-order valence-corrected chi connectivity index (χ3v) is 2.75. The molecule has 0 radical (unpaired) electrons. The number of carbonyl (C=O) groups is 1. The Morgan fingerprint density at radius 2 is 1.85 bits per heavy atom. The Morgan fingerprint density at radius 3 is 2.35 bits per heavy atom. The first kappa shape index (κ1) is 15.9. The van der Waals surface area contributed by atoms with E-state index in [1.54, 1.807) is 0 Å². The lowest BCUT2D eigenvalue weighted by Crippen LogP contribution is -2.37. The summed E-state index contributed by atoms with van der Waals surface area (Å²) < 4.78 is 0. The molecule has 0 bridgehead atoms. The van der Waals surface area contributed by atoms with Gasteiger partial charge in [-0.05, 0) is 27.7 Å². The summed E-state index contributed by atoms with van der Waals surface area (Å²) in [5.74, 6) is 0.596. The Labute approximate surface area is 119 Å². The highest BCUT2D eigenvalue weighted by atomic mass is 16.1. The number of nitrogens with zero attached hydrogens (tertiary/aromatic N) is 4. The minimum absolute atomic E-state index is 0.138. The van der Waals surface area contributed by atoms with Crippen LogP contribution in [0.25, 0.3) is 0 Å². The summed E-state index contributed by atoms with van der Waals surface area (Å²) >= 11 is 0. The quantitative estimate of drug-likeness (QED) is 0.659. The third kappa shape index (κ3) is 4.52. The van der Waals surface area contributed by atoms with Crippen LogP contribution in [-0.4, -0.2) is 39.5 Å². The maximum atomic E-state index is 11.0. The van der Waals surface area contributed by atoms with Crippen molar-refractivity contribution in [2.75, 3.05) is 29.0 Å². The zero-order valence-electron chi connectivity index (χ0n) is 12.5. The molecule has 0 aliphatic heterocycles. The van der Waals surface area contributed by atoms with E-state index in [1.807, 2.05) is 32.6 Å². The molecule has 5 N–H and O–H groups in total. The van der Waals surface area contributed by atoms with Crippen molar-refractivity contribution in [3.05, 3.63) is 0 Å². The molecule has 1 heterocycles. The second-order valence-corrected chi connectivity index (χ2v) is 5.14. The minimum Gasteiger partial charge on any atom is -0.370 e. The van der Waals surface area contributed by atoms with Crippen LogP contribution in [-0.2, 0) is 4.79 Å². The fraction of sp³-hybridized carbons (Fsp3) is 0.667. The Hall–Kier alpha value is -2.12. The van der Waals surface area contributed by atoms with Gasteiger partial charge in [0.15, 0.2) is 0 Å². The number of nitrogens with two attached hydrogens (primary N) is 2. The maximum Gasteiger partial charge on any atom is 0.231 e. The first-order valence-corrected chi connectivity index (χ1v) is 6.60. The first-order chi connectivity index (χ1) is 9.27. The third-order valence-electron chi connectivity index (χ3n) is 2.75. The molecule has 8 heteroatoms. The Bertz CT molecular complexity index is 471. The molecule has 1 aromatic rings. The topological polar surface area (TPSA) is 123 Å². The molecule has 1 rings (SSSR count). The van der Waals surface area contributed by atoms with E-state index in [0.29, 0.717) is 11.9 Å². The average molecular weight is 281 g/mol. The number of aromatic nitrogens is 3. The van der Waals surface area contributed by atoms with E-state index < -0.39 is 11.4 Å². The lowest BCUT2D eigenvalue weighted by Gasteiger charge is -2.25. The molecule has 1 amide bonds. The van der Waals surface area contributed by atoms with Gasteiger partial charge < -0.3 is 21.7 Å².